The third kappa shape index (κ3) is 4.09. The number of hydrogen-bond acceptors (Lipinski definition) is 6. The average Bonchev–Trinajstić information content (AvgIpc) is 2.98. The van der Waals surface area contributed by atoms with Gasteiger partial charge in [0.25, 0.3) is 0 Å². The molecule has 1 atom stereocenters. The molecule has 23 heavy (non-hydrogen) atoms. The van der Waals surface area contributed by atoms with Crippen LogP contribution in [0, 0.1) is 5.41 Å². The lowest BCUT2D eigenvalue weighted by Gasteiger charge is -2.36. The lowest BCUT2D eigenvalue weighted by atomic mass is 9.78. The Bertz CT molecular complexity index is 524. The lowest BCUT2D eigenvalue weighted by Crippen LogP contribution is -2.50. The summed E-state index contributed by atoms with van der Waals surface area (Å²) < 4.78 is 10.6. The van der Waals surface area contributed by atoms with Crippen molar-refractivity contribution in [3.05, 3.63) is 11.7 Å². The third-order valence-corrected chi connectivity index (χ3v) is 4.29. The zero-order valence-corrected chi connectivity index (χ0v) is 14.7. The van der Waals surface area contributed by atoms with Crippen LogP contribution in [-0.2, 0) is 14.9 Å². The number of rotatable bonds is 5. The fraction of sp³-hybridized carbons (Fsp3) is 0.812. The smallest absolute Gasteiger partial charge is 0.248 e. The number of nitrogens with zero attached hydrogens (tertiary/aromatic N) is 2. The van der Waals surface area contributed by atoms with Crippen LogP contribution in [0.3, 0.4) is 0 Å². The number of amides is 1. The van der Waals surface area contributed by atoms with Gasteiger partial charge in [-0.2, -0.15) is 4.98 Å². The number of piperidine rings is 1. The van der Waals surface area contributed by atoms with Crippen LogP contribution in [0.1, 0.15) is 58.3 Å². The van der Waals surface area contributed by atoms with E-state index >= 15 is 0 Å². The first kappa shape index (κ1) is 17.9. The highest BCUT2D eigenvalue weighted by Gasteiger charge is 2.40. The minimum Gasteiger partial charge on any atom is -0.384 e. The second-order valence-electron chi connectivity index (χ2n) is 7.36. The molecule has 0 radical (unpaired) electrons. The van der Waals surface area contributed by atoms with Crippen molar-refractivity contribution in [2.24, 2.45) is 5.41 Å². The highest BCUT2D eigenvalue weighted by molar-refractivity contribution is 5.83. The van der Waals surface area contributed by atoms with Crippen molar-refractivity contribution >= 4 is 5.91 Å². The number of carbonyl (C=O) groups is 1. The summed E-state index contributed by atoms with van der Waals surface area (Å²) in [7, 11) is 1.63. The Hall–Kier alpha value is -1.47. The maximum atomic E-state index is 12.8. The molecule has 0 bridgehead atoms. The van der Waals surface area contributed by atoms with Gasteiger partial charge in [0.15, 0.2) is 5.82 Å². The van der Waals surface area contributed by atoms with E-state index in [4.69, 9.17) is 9.26 Å². The normalized spacial score (nSPS) is 19.3. The van der Waals surface area contributed by atoms with Gasteiger partial charge in [-0.05, 0) is 32.9 Å². The molecular weight excluding hydrogens is 296 g/mol. The summed E-state index contributed by atoms with van der Waals surface area (Å²) in [4.78, 5) is 17.2. The van der Waals surface area contributed by atoms with E-state index in [0.717, 1.165) is 25.9 Å². The molecule has 1 aromatic heterocycles. The largest absolute Gasteiger partial charge is 0.384 e. The molecule has 2 heterocycles. The average molecular weight is 324 g/mol. The van der Waals surface area contributed by atoms with Crippen LogP contribution in [0.4, 0.5) is 0 Å². The van der Waals surface area contributed by atoms with Crippen molar-refractivity contribution in [3.8, 4) is 0 Å². The summed E-state index contributed by atoms with van der Waals surface area (Å²) in [6.45, 7) is 9.98. The summed E-state index contributed by atoms with van der Waals surface area (Å²) in [6, 6.07) is -0.324. The molecular formula is C16H28N4O3. The fourth-order valence-corrected chi connectivity index (χ4v) is 2.75. The number of methoxy groups -OCH3 is 1. The molecule has 1 aliphatic rings. The van der Waals surface area contributed by atoms with Gasteiger partial charge in [-0.1, -0.05) is 25.9 Å². The number of ether oxygens (including phenoxy) is 1. The molecule has 0 aliphatic carbocycles. The summed E-state index contributed by atoms with van der Waals surface area (Å²) in [5.41, 5.74) is -0.668. The topological polar surface area (TPSA) is 89.3 Å². The molecule has 0 aromatic carbocycles. The number of aromatic nitrogens is 2. The SMILES string of the molecule is COCC1(C(=O)NC(C)c2nc(C(C)(C)C)no2)CCNCC1. The van der Waals surface area contributed by atoms with Crippen molar-refractivity contribution in [3.63, 3.8) is 0 Å². The first-order chi connectivity index (χ1) is 10.8. The zero-order valence-electron chi connectivity index (χ0n) is 14.7. The molecule has 0 saturated carbocycles. The van der Waals surface area contributed by atoms with E-state index in [2.05, 4.69) is 20.8 Å². The molecule has 1 saturated heterocycles. The maximum Gasteiger partial charge on any atom is 0.248 e. The van der Waals surface area contributed by atoms with Crippen molar-refractivity contribution in [1.29, 1.82) is 0 Å². The second-order valence-corrected chi connectivity index (χ2v) is 7.36. The molecule has 7 heteroatoms. The minimum atomic E-state index is -0.485. The Morgan fingerprint density at radius 1 is 1.43 bits per heavy atom. The summed E-state index contributed by atoms with van der Waals surface area (Å²) in [5.74, 6) is 1.07. The quantitative estimate of drug-likeness (QED) is 0.854. The van der Waals surface area contributed by atoms with E-state index in [0.29, 0.717) is 18.3 Å². The fourth-order valence-electron chi connectivity index (χ4n) is 2.75. The van der Waals surface area contributed by atoms with Crippen LogP contribution in [-0.4, -0.2) is 42.9 Å². The minimum absolute atomic E-state index is 0.0103. The van der Waals surface area contributed by atoms with E-state index in [1.807, 2.05) is 27.7 Å². The zero-order chi connectivity index (χ0) is 17.1. The first-order valence-electron chi connectivity index (χ1n) is 8.13. The predicted octanol–water partition coefficient (Wildman–Crippen LogP) is 1.56. The molecule has 1 fully saturated rings. The van der Waals surface area contributed by atoms with Gasteiger partial charge in [0.1, 0.15) is 6.04 Å². The lowest BCUT2D eigenvalue weighted by molar-refractivity contribution is -0.137. The van der Waals surface area contributed by atoms with E-state index in [-0.39, 0.29) is 17.4 Å². The summed E-state index contributed by atoms with van der Waals surface area (Å²) in [6.07, 6.45) is 1.52. The van der Waals surface area contributed by atoms with Crippen molar-refractivity contribution in [2.75, 3.05) is 26.8 Å². The standard InChI is InChI=1S/C16H28N4O3/c1-11(12-19-13(20-23-12)15(2,3)4)18-14(21)16(10-22-5)6-8-17-9-7-16/h11,17H,6-10H2,1-5H3,(H,18,21). The molecule has 7 nitrogen and oxygen atoms in total. The van der Waals surface area contributed by atoms with E-state index in [1.54, 1.807) is 7.11 Å². The first-order valence-corrected chi connectivity index (χ1v) is 8.13. The highest BCUT2D eigenvalue weighted by atomic mass is 16.5. The van der Waals surface area contributed by atoms with Crippen LogP contribution in [0.5, 0.6) is 0 Å². The van der Waals surface area contributed by atoms with Gasteiger partial charge in [0.05, 0.1) is 12.0 Å². The molecule has 1 unspecified atom stereocenters. The van der Waals surface area contributed by atoms with Crippen LogP contribution in [0.25, 0.3) is 0 Å². The van der Waals surface area contributed by atoms with Gasteiger partial charge in [-0.3, -0.25) is 4.79 Å². The summed E-state index contributed by atoms with van der Waals surface area (Å²) >= 11 is 0. The van der Waals surface area contributed by atoms with Gasteiger partial charge >= 0.3 is 0 Å². The Kier molecular flexibility index (Phi) is 5.41. The van der Waals surface area contributed by atoms with Crippen molar-refractivity contribution < 1.29 is 14.1 Å². The van der Waals surface area contributed by atoms with Gasteiger partial charge in [0, 0.05) is 12.5 Å². The van der Waals surface area contributed by atoms with Crippen LogP contribution in [0.2, 0.25) is 0 Å². The third-order valence-electron chi connectivity index (χ3n) is 4.29. The van der Waals surface area contributed by atoms with Crippen molar-refractivity contribution in [2.45, 2.75) is 52.0 Å². The van der Waals surface area contributed by atoms with Gasteiger partial charge in [0.2, 0.25) is 11.8 Å². The van der Waals surface area contributed by atoms with Crippen molar-refractivity contribution in [1.82, 2.24) is 20.8 Å². The number of nitrogens with one attached hydrogen (secondary N) is 2. The van der Waals surface area contributed by atoms with Crippen LogP contribution >= 0.6 is 0 Å². The molecule has 2 rings (SSSR count). The molecule has 130 valence electrons. The molecule has 1 amide bonds. The molecule has 1 aliphatic heterocycles. The molecule has 0 spiro atoms. The number of hydrogen-bond donors (Lipinski definition) is 2. The van der Waals surface area contributed by atoms with E-state index in [1.165, 1.54) is 0 Å². The van der Waals surface area contributed by atoms with Crippen LogP contribution < -0.4 is 10.6 Å². The Balaban J connectivity index is 2.07. The van der Waals surface area contributed by atoms with Crippen LogP contribution in [0.15, 0.2) is 4.52 Å². The maximum absolute atomic E-state index is 12.8. The number of carbonyl (C=O) groups excluding carboxylic acids is 1. The molecule has 1 aromatic rings. The summed E-state index contributed by atoms with van der Waals surface area (Å²) in [5, 5.41) is 10.3. The predicted molar refractivity (Wildman–Crippen MR) is 86.0 cm³/mol. The Labute approximate surface area is 137 Å². The van der Waals surface area contributed by atoms with Gasteiger partial charge in [-0.25, -0.2) is 0 Å². The van der Waals surface area contributed by atoms with Gasteiger partial charge in [-0.15, -0.1) is 0 Å². The van der Waals surface area contributed by atoms with Gasteiger partial charge < -0.3 is 19.9 Å². The van der Waals surface area contributed by atoms with E-state index in [9.17, 15) is 4.79 Å². The Morgan fingerprint density at radius 3 is 2.61 bits per heavy atom. The second kappa shape index (κ2) is 6.97. The van der Waals surface area contributed by atoms with E-state index < -0.39 is 5.41 Å². The molecule has 2 N–H and O–H groups in total. The monoisotopic (exact) mass is 324 g/mol. The highest BCUT2D eigenvalue weighted by Crippen LogP contribution is 2.30. The Morgan fingerprint density at radius 2 is 2.09 bits per heavy atom.